The molecule has 2 aromatic rings. The zero-order valence-corrected chi connectivity index (χ0v) is 13.9. The maximum absolute atomic E-state index is 13.0. The average molecular weight is 342 g/mol. The van der Waals surface area contributed by atoms with Crippen LogP contribution in [0.25, 0.3) is 9.40 Å². The van der Waals surface area contributed by atoms with E-state index in [1.807, 2.05) is 12.1 Å². The maximum atomic E-state index is 13.0. The Bertz CT molecular complexity index is 927. The molecule has 0 amide bonds. The van der Waals surface area contributed by atoms with Crippen LogP contribution in [-0.4, -0.2) is 11.6 Å². The van der Waals surface area contributed by atoms with Gasteiger partial charge in [0.25, 0.3) is 0 Å². The van der Waals surface area contributed by atoms with Gasteiger partial charge >= 0.3 is 0 Å². The Hall–Kier alpha value is -1.43. The molecule has 108 valence electrons. The number of benzene rings is 1. The largest absolute Gasteiger partial charge is 0.289 e. The van der Waals surface area contributed by atoms with Gasteiger partial charge in [0, 0.05) is 43.5 Å². The van der Waals surface area contributed by atoms with Crippen molar-refractivity contribution in [3.63, 3.8) is 0 Å². The van der Waals surface area contributed by atoms with E-state index in [1.54, 1.807) is 0 Å². The second-order valence-corrected chi connectivity index (χ2v) is 9.25. The van der Waals surface area contributed by atoms with E-state index >= 15 is 0 Å². The van der Waals surface area contributed by atoms with Gasteiger partial charge in [-0.1, -0.05) is 24.4 Å². The predicted octanol–water partition coefficient (Wildman–Crippen LogP) is 4.96. The van der Waals surface area contributed by atoms with E-state index in [4.69, 9.17) is 12.2 Å². The average Bonchev–Trinajstić information content (AvgIpc) is 2.90. The molecule has 4 aliphatic rings. The summed E-state index contributed by atoms with van der Waals surface area (Å²) in [7, 11) is 0. The number of allylic oxidation sites excluding steroid dienone is 4. The molecule has 2 atom stereocenters. The molecule has 4 aliphatic carbocycles. The third kappa shape index (κ3) is 1.56. The smallest absolute Gasteiger partial charge is 0.190 e. The molecule has 2 unspecified atom stereocenters. The summed E-state index contributed by atoms with van der Waals surface area (Å²) in [6.07, 6.45) is 6.18. The number of rotatable bonds is 0. The Labute approximate surface area is 139 Å². The van der Waals surface area contributed by atoms with E-state index in [2.05, 4.69) is 12.2 Å². The monoisotopic (exact) mass is 342 g/mol. The van der Waals surface area contributed by atoms with Crippen LogP contribution in [0.3, 0.4) is 0 Å². The number of hydrogen-bond donors (Lipinski definition) is 0. The molecule has 2 nitrogen and oxygen atoms in total. The first-order chi connectivity index (χ1) is 10.6. The zero-order valence-electron chi connectivity index (χ0n) is 11.4. The molecular weight excluding hydrogens is 332 g/mol. The van der Waals surface area contributed by atoms with Crippen LogP contribution in [0, 0.1) is 15.0 Å². The summed E-state index contributed by atoms with van der Waals surface area (Å²) in [4.78, 5) is 25.9. The fraction of sp³-hybridized carbons (Fsp3) is 0.235. The molecule has 2 bridgehead atoms. The van der Waals surface area contributed by atoms with Gasteiger partial charge in [-0.2, -0.15) is 0 Å². The Morgan fingerprint density at radius 3 is 1.73 bits per heavy atom. The summed E-state index contributed by atoms with van der Waals surface area (Å²) in [5.41, 5.74) is 2.66. The minimum atomic E-state index is 0.0508. The van der Waals surface area contributed by atoms with Gasteiger partial charge in [-0.25, -0.2) is 0 Å². The molecule has 0 radical (unpaired) electrons. The highest BCUT2D eigenvalue weighted by Gasteiger charge is 2.42. The van der Waals surface area contributed by atoms with Crippen molar-refractivity contribution in [2.24, 2.45) is 11.8 Å². The highest BCUT2D eigenvalue weighted by molar-refractivity contribution is 7.77. The number of ketones is 2. The molecule has 0 saturated carbocycles. The van der Waals surface area contributed by atoms with Crippen molar-refractivity contribution in [1.82, 2.24) is 0 Å². The first kappa shape index (κ1) is 13.0. The van der Waals surface area contributed by atoms with E-state index in [1.165, 1.54) is 22.7 Å². The quantitative estimate of drug-likeness (QED) is 0.501. The van der Waals surface area contributed by atoms with Crippen LogP contribution in [0.1, 0.15) is 33.6 Å². The molecule has 1 aromatic carbocycles. The summed E-state index contributed by atoms with van der Waals surface area (Å²) in [5, 5.41) is 0. The first-order valence-corrected chi connectivity index (χ1v) is 9.27. The van der Waals surface area contributed by atoms with Crippen LogP contribution in [0.2, 0.25) is 0 Å². The van der Waals surface area contributed by atoms with Crippen LogP contribution in [0.15, 0.2) is 35.4 Å². The molecule has 5 heteroatoms. The van der Waals surface area contributed by atoms with Gasteiger partial charge < -0.3 is 0 Å². The lowest BCUT2D eigenvalue weighted by molar-refractivity contribution is 0.0950. The van der Waals surface area contributed by atoms with Gasteiger partial charge in [0.1, 0.15) is 3.14 Å². The van der Waals surface area contributed by atoms with Gasteiger partial charge in [-0.15, -0.1) is 22.7 Å². The maximum Gasteiger partial charge on any atom is 0.190 e. The van der Waals surface area contributed by atoms with Gasteiger partial charge in [-0.3, -0.25) is 9.59 Å². The van der Waals surface area contributed by atoms with E-state index in [-0.39, 0.29) is 23.4 Å². The van der Waals surface area contributed by atoms with Crippen LogP contribution in [-0.2, 0) is 0 Å². The summed E-state index contributed by atoms with van der Waals surface area (Å²) in [6.45, 7) is 0. The van der Waals surface area contributed by atoms with Crippen LogP contribution in [0.4, 0.5) is 0 Å². The van der Waals surface area contributed by atoms with Crippen LogP contribution < -0.4 is 0 Å². The minimum Gasteiger partial charge on any atom is -0.289 e. The number of carbonyl (C=O) groups excluding carboxylic acids is 2. The van der Waals surface area contributed by atoms with Crippen molar-refractivity contribution in [3.8, 4) is 0 Å². The van der Waals surface area contributed by atoms with Crippen molar-refractivity contribution in [3.05, 3.63) is 49.7 Å². The van der Waals surface area contributed by atoms with Crippen molar-refractivity contribution in [1.29, 1.82) is 0 Å². The Balaban J connectivity index is 1.81. The molecule has 1 heterocycles. The third-order valence-electron chi connectivity index (χ3n) is 4.85. The molecule has 0 saturated heterocycles. The summed E-state index contributed by atoms with van der Waals surface area (Å²) < 4.78 is 2.85. The van der Waals surface area contributed by atoms with Crippen molar-refractivity contribution < 1.29 is 9.59 Å². The molecule has 22 heavy (non-hydrogen) atoms. The molecular formula is C17H10O2S3. The normalized spacial score (nSPS) is 25.8. The fourth-order valence-corrected chi connectivity index (χ4v) is 6.39. The molecule has 0 aliphatic heterocycles. The second kappa shape index (κ2) is 4.31. The molecule has 6 rings (SSSR count). The summed E-state index contributed by atoms with van der Waals surface area (Å²) in [6, 6.07) is 3.75. The highest BCUT2D eigenvalue weighted by Crippen LogP contribution is 2.47. The van der Waals surface area contributed by atoms with Crippen LogP contribution >= 0.6 is 34.9 Å². The van der Waals surface area contributed by atoms with Crippen LogP contribution in [0.5, 0.6) is 0 Å². The standard InChI is InChI=1S/C17H10O2S3/c18-15-9-5-11-12(22-17(20)21-11)6-10(9)16(19)14-8-2-1-7(3-4-8)13(14)15/h1-2,5-8H,3-4H2. The minimum absolute atomic E-state index is 0.0508. The Kier molecular flexibility index (Phi) is 2.56. The number of carbonyl (C=O) groups is 2. The Morgan fingerprint density at radius 2 is 1.32 bits per heavy atom. The highest BCUT2D eigenvalue weighted by atomic mass is 32.2. The van der Waals surface area contributed by atoms with Gasteiger partial charge in [-0.05, 0) is 25.0 Å². The van der Waals surface area contributed by atoms with Crippen molar-refractivity contribution in [2.75, 3.05) is 0 Å². The van der Waals surface area contributed by atoms with E-state index in [0.717, 1.165) is 36.5 Å². The second-order valence-electron chi connectivity index (χ2n) is 5.96. The van der Waals surface area contributed by atoms with Gasteiger partial charge in [0.2, 0.25) is 0 Å². The number of Topliss-reactive ketones (excluding diaryl/α,β-unsaturated/α-hetero) is 2. The number of hydrogen-bond acceptors (Lipinski definition) is 5. The zero-order chi connectivity index (χ0) is 15.0. The fourth-order valence-electron chi connectivity index (χ4n) is 3.87. The topological polar surface area (TPSA) is 34.1 Å². The lowest BCUT2D eigenvalue weighted by Crippen LogP contribution is -2.34. The Morgan fingerprint density at radius 1 is 0.864 bits per heavy atom. The molecule has 0 spiro atoms. The van der Waals surface area contributed by atoms with Gasteiger partial charge in [0.05, 0.1) is 0 Å². The van der Waals surface area contributed by atoms with E-state index < -0.39 is 0 Å². The third-order valence-corrected chi connectivity index (χ3v) is 7.42. The van der Waals surface area contributed by atoms with Crippen molar-refractivity contribution in [2.45, 2.75) is 12.8 Å². The lowest BCUT2D eigenvalue weighted by Gasteiger charge is -2.37. The van der Waals surface area contributed by atoms with Crippen molar-refractivity contribution >= 4 is 55.9 Å². The first-order valence-electron chi connectivity index (χ1n) is 7.23. The van der Waals surface area contributed by atoms with Gasteiger partial charge in [0.15, 0.2) is 11.6 Å². The molecule has 0 N–H and O–H groups in total. The summed E-state index contributed by atoms with van der Waals surface area (Å²) >= 11 is 8.27. The SMILES string of the molecule is O=C1C2=C(C(=O)c3cc4sc(=S)sc4cc31)C1C=CC2CC1. The van der Waals surface area contributed by atoms with E-state index in [0.29, 0.717) is 11.1 Å². The predicted molar refractivity (Wildman–Crippen MR) is 91.6 cm³/mol. The number of fused-ring (bicyclic) bond motifs is 3. The van der Waals surface area contributed by atoms with E-state index in [9.17, 15) is 9.59 Å². The summed E-state index contributed by atoms with van der Waals surface area (Å²) in [5.74, 6) is 0.353. The molecule has 1 aromatic heterocycles. The lowest BCUT2D eigenvalue weighted by atomic mass is 9.65. The molecule has 0 fully saturated rings.